The molecule has 0 amide bonds. The summed E-state index contributed by atoms with van der Waals surface area (Å²) < 4.78 is 0. The first-order valence-corrected chi connectivity index (χ1v) is 9.36. The predicted molar refractivity (Wildman–Crippen MR) is 101 cm³/mol. The van der Waals surface area contributed by atoms with E-state index in [0.29, 0.717) is 5.96 Å². The van der Waals surface area contributed by atoms with Gasteiger partial charge in [0.05, 0.1) is 0 Å². The molecule has 3 nitrogen and oxygen atoms in total. The van der Waals surface area contributed by atoms with E-state index in [1.807, 2.05) is 36.4 Å². The van der Waals surface area contributed by atoms with Crippen LogP contribution >= 0.6 is 27.7 Å². The van der Waals surface area contributed by atoms with Crippen molar-refractivity contribution in [3.8, 4) is 11.1 Å². The summed E-state index contributed by atoms with van der Waals surface area (Å²) in [6, 6.07) is 16.5. The third kappa shape index (κ3) is 5.07. The minimum atomic E-state index is 0.415. The maximum absolute atomic E-state index is 7.85. The Balaban J connectivity index is 0.000000238. The molecular formula is C17H20BrN3S. The molecule has 0 unspecified atom stereocenters. The third-order valence-corrected chi connectivity index (χ3v) is 4.33. The van der Waals surface area contributed by atoms with Gasteiger partial charge in [-0.3, -0.25) is 5.41 Å². The monoisotopic (exact) mass is 377 g/mol. The first kappa shape index (κ1) is 16.9. The fraction of sp³-hybridized carbons (Fsp3) is 0.235. The van der Waals surface area contributed by atoms with E-state index in [-0.39, 0.29) is 0 Å². The lowest BCUT2D eigenvalue weighted by Gasteiger charge is -2.19. The van der Waals surface area contributed by atoms with Crippen molar-refractivity contribution in [1.29, 1.82) is 5.41 Å². The van der Waals surface area contributed by atoms with Crippen LogP contribution in [0.1, 0.15) is 0 Å². The van der Waals surface area contributed by atoms with Gasteiger partial charge in [0.1, 0.15) is 0 Å². The Morgan fingerprint density at radius 2 is 1.86 bits per heavy atom. The van der Waals surface area contributed by atoms with Crippen LogP contribution in [0, 0.1) is 5.41 Å². The summed E-state index contributed by atoms with van der Waals surface area (Å²) in [4.78, 5) is 3.06. The summed E-state index contributed by atoms with van der Waals surface area (Å²) >= 11 is 5.05. The number of anilines is 1. The van der Waals surface area contributed by atoms with Gasteiger partial charge in [0.25, 0.3) is 0 Å². The highest BCUT2D eigenvalue weighted by Gasteiger charge is 2.07. The Morgan fingerprint density at radius 3 is 2.36 bits per heavy atom. The summed E-state index contributed by atoms with van der Waals surface area (Å²) in [6.07, 6.45) is 2.04. The summed E-state index contributed by atoms with van der Waals surface area (Å²) in [6.45, 7) is 0.814. The molecule has 2 aliphatic rings. The molecule has 0 radical (unpaired) electrons. The Kier molecular flexibility index (Phi) is 6.34. The molecule has 0 saturated heterocycles. The van der Waals surface area contributed by atoms with Gasteiger partial charge in [-0.1, -0.05) is 40.2 Å². The minimum absolute atomic E-state index is 0.415. The number of hydrogen-bond acceptors (Lipinski definition) is 2. The Hall–Kier alpha value is -1.46. The number of halogens is 1. The molecule has 0 bridgehead atoms. The lowest BCUT2D eigenvalue weighted by atomic mass is 10.3. The summed E-state index contributed by atoms with van der Waals surface area (Å²) in [7, 11) is 1.90. The lowest BCUT2D eigenvalue weighted by molar-refractivity contribution is 0.536. The van der Waals surface area contributed by atoms with Gasteiger partial charge < -0.3 is 10.2 Å². The predicted octanol–water partition coefficient (Wildman–Crippen LogP) is 4.75. The zero-order valence-electron chi connectivity index (χ0n) is 12.8. The van der Waals surface area contributed by atoms with Crippen molar-refractivity contribution in [2.24, 2.45) is 0 Å². The second-order valence-corrected chi connectivity index (χ2v) is 6.57. The number of benzene rings is 2. The quantitative estimate of drug-likeness (QED) is 0.298. The van der Waals surface area contributed by atoms with Gasteiger partial charge >= 0.3 is 0 Å². The van der Waals surface area contributed by atoms with Crippen molar-refractivity contribution in [3.05, 3.63) is 48.5 Å². The molecule has 0 fully saturated rings. The highest BCUT2D eigenvalue weighted by molar-refractivity contribution is 9.09. The second kappa shape index (κ2) is 8.25. The Morgan fingerprint density at radius 1 is 1.18 bits per heavy atom. The number of guanidine groups is 1. The Labute approximate surface area is 144 Å². The number of fused-ring (bicyclic) bond motifs is 1. The van der Waals surface area contributed by atoms with E-state index in [2.05, 4.69) is 51.6 Å². The van der Waals surface area contributed by atoms with Crippen LogP contribution in [0.3, 0.4) is 0 Å². The number of nitrogens with zero attached hydrogens (tertiary/aromatic N) is 1. The molecule has 2 N–H and O–H groups in total. The first-order chi connectivity index (χ1) is 10.6. The summed E-state index contributed by atoms with van der Waals surface area (Å²) in [5.41, 5.74) is 3.81. The van der Waals surface area contributed by atoms with Crippen molar-refractivity contribution < 1.29 is 0 Å². The van der Waals surface area contributed by atoms with Crippen molar-refractivity contribution in [2.75, 3.05) is 30.5 Å². The molecule has 116 valence electrons. The maximum atomic E-state index is 7.85. The molecule has 3 rings (SSSR count). The molecule has 1 aromatic rings. The zero-order chi connectivity index (χ0) is 15.9. The maximum Gasteiger partial charge on any atom is 0.195 e. The van der Waals surface area contributed by atoms with Crippen LogP contribution in [0.25, 0.3) is 11.1 Å². The molecule has 0 atom stereocenters. The number of rotatable bonds is 4. The molecule has 0 saturated carbocycles. The largest absolute Gasteiger partial charge is 0.345 e. The number of nitrogens with one attached hydrogen (secondary N) is 2. The summed E-state index contributed by atoms with van der Waals surface area (Å²) in [5, 5.41) is 11.8. The number of hydrogen-bond donors (Lipinski definition) is 2. The molecule has 0 heterocycles. The topological polar surface area (TPSA) is 39.1 Å². The first-order valence-electron chi connectivity index (χ1n) is 7.01. The Bertz CT molecular complexity index is 628. The van der Waals surface area contributed by atoms with Crippen molar-refractivity contribution >= 4 is 39.3 Å². The average Bonchev–Trinajstić information content (AvgIpc) is 3.14. The second-order valence-electron chi connectivity index (χ2n) is 4.90. The van der Waals surface area contributed by atoms with E-state index in [0.717, 1.165) is 17.6 Å². The minimum Gasteiger partial charge on any atom is -0.345 e. The highest BCUT2D eigenvalue weighted by Crippen LogP contribution is 2.32. The van der Waals surface area contributed by atoms with E-state index in [9.17, 15) is 0 Å². The fourth-order valence-electron chi connectivity index (χ4n) is 1.85. The fourth-order valence-corrected chi connectivity index (χ4v) is 2.84. The van der Waals surface area contributed by atoms with Gasteiger partial charge in [-0.25, -0.2) is 0 Å². The highest BCUT2D eigenvalue weighted by atomic mass is 79.9. The van der Waals surface area contributed by atoms with Gasteiger partial charge in [-0.15, -0.1) is 11.8 Å². The molecule has 0 aliphatic heterocycles. The van der Waals surface area contributed by atoms with Crippen LogP contribution in [0.5, 0.6) is 0 Å². The van der Waals surface area contributed by atoms with Gasteiger partial charge in [-0.2, -0.15) is 0 Å². The van der Waals surface area contributed by atoms with Crippen LogP contribution in [-0.4, -0.2) is 36.0 Å². The van der Waals surface area contributed by atoms with Crippen molar-refractivity contribution in [2.45, 2.75) is 4.90 Å². The molecule has 2 aliphatic carbocycles. The smallest absolute Gasteiger partial charge is 0.195 e. The lowest BCUT2D eigenvalue weighted by Crippen LogP contribution is -2.33. The van der Waals surface area contributed by atoms with E-state index in [1.165, 1.54) is 16.0 Å². The van der Waals surface area contributed by atoms with E-state index in [1.54, 1.807) is 11.8 Å². The van der Waals surface area contributed by atoms with Crippen LogP contribution in [-0.2, 0) is 0 Å². The zero-order valence-corrected chi connectivity index (χ0v) is 15.2. The molecule has 22 heavy (non-hydrogen) atoms. The molecule has 0 aromatic heterocycles. The SMILES string of the molecule is CSc1cccc(NC(=N)N(C)CCBr)c1.c1cc2cc-2c1. The average molecular weight is 378 g/mol. The normalized spacial score (nSPS) is 10.3. The van der Waals surface area contributed by atoms with E-state index < -0.39 is 0 Å². The van der Waals surface area contributed by atoms with E-state index >= 15 is 0 Å². The standard InChI is InChI=1S/C11H16BrN3S.C6H4/c1-15(7-6-12)11(13)14-9-4-3-5-10(8-9)16-2;1-2-5-4-6(5)3-1/h3-5,8H,6-7H2,1-2H3,(H2,13,14);1-4H. The van der Waals surface area contributed by atoms with Crippen LogP contribution < -0.4 is 5.32 Å². The van der Waals surface area contributed by atoms with Gasteiger partial charge in [0, 0.05) is 29.5 Å². The van der Waals surface area contributed by atoms with Crippen molar-refractivity contribution in [3.63, 3.8) is 0 Å². The molecule has 1 aromatic carbocycles. The van der Waals surface area contributed by atoms with Crippen molar-refractivity contribution in [1.82, 2.24) is 4.90 Å². The molecule has 5 heteroatoms. The number of alkyl halides is 1. The van der Waals surface area contributed by atoms with Gasteiger partial charge in [0.15, 0.2) is 5.96 Å². The van der Waals surface area contributed by atoms with Gasteiger partial charge in [0.2, 0.25) is 0 Å². The van der Waals surface area contributed by atoms with Crippen LogP contribution in [0.4, 0.5) is 5.69 Å². The number of thioether (sulfide) groups is 1. The van der Waals surface area contributed by atoms with Crippen LogP contribution in [0.2, 0.25) is 0 Å². The van der Waals surface area contributed by atoms with Gasteiger partial charge in [-0.05, 0) is 41.6 Å². The molecule has 0 spiro atoms. The molecular weight excluding hydrogens is 358 g/mol. The van der Waals surface area contributed by atoms with E-state index in [4.69, 9.17) is 5.41 Å². The third-order valence-electron chi connectivity index (χ3n) is 3.25. The van der Waals surface area contributed by atoms with Crippen LogP contribution in [0.15, 0.2) is 53.4 Å². The summed E-state index contributed by atoms with van der Waals surface area (Å²) in [5.74, 6) is 0.415.